The predicted molar refractivity (Wildman–Crippen MR) is 104 cm³/mol. The first kappa shape index (κ1) is 19.4. The molecule has 1 amide bonds. The van der Waals surface area contributed by atoms with Crippen molar-refractivity contribution in [2.45, 2.75) is 38.8 Å². The summed E-state index contributed by atoms with van der Waals surface area (Å²) in [6.07, 6.45) is 2.06. The molecule has 2 aromatic rings. The van der Waals surface area contributed by atoms with Crippen molar-refractivity contribution in [2.24, 2.45) is 0 Å². The summed E-state index contributed by atoms with van der Waals surface area (Å²) in [6.45, 7) is 5.12. The summed E-state index contributed by atoms with van der Waals surface area (Å²) in [5, 5.41) is 3.06. The van der Waals surface area contributed by atoms with E-state index in [4.69, 9.17) is 4.74 Å². The first-order valence-corrected chi connectivity index (χ1v) is 9.39. The zero-order valence-electron chi connectivity index (χ0n) is 16.2. The lowest BCUT2D eigenvalue weighted by atomic mass is 10.0. The maximum atomic E-state index is 13.3. The van der Waals surface area contributed by atoms with Crippen LogP contribution in [-0.2, 0) is 4.79 Å². The molecule has 1 unspecified atom stereocenters. The Kier molecular flexibility index (Phi) is 6.11. The lowest BCUT2D eigenvalue weighted by Crippen LogP contribution is -2.41. The minimum absolute atomic E-state index is 0.0435. The number of hydrogen-bond acceptors (Lipinski definition) is 3. The van der Waals surface area contributed by atoms with Crippen molar-refractivity contribution in [3.05, 3.63) is 65.0 Å². The van der Waals surface area contributed by atoms with E-state index >= 15 is 0 Å². The van der Waals surface area contributed by atoms with Crippen LogP contribution >= 0.6 is 0 Å². The molecule has 4 nitrogen and oxygen atoms in total. The van der Waals surface area contributed by atoms with Gasteiger partial charge in [-0.15, -0.1) is 0 Å². The fourth-order valence-electron chi connectivity index (χ4n) is 3.21. The van der Waals surface area contributed by atoms with Crippen LogP contribution < -0.4 is 10.1 Å². The Balaban J connectivity index is 1.65. The number of ether oxygens (including phenoxy) is 1. The molecule has 0 saturated heterocycles. The summed E-state index contributed by atoms with van der Waals surface area (Å²) in [5.74, 6) is 0.487. The normalized spacial score (nSPS) is 14.9. The summed E-state index contributed by atoms with van der Waals surface area (Å²) in [7, 11) is 1.89. The van der Waals surface area contributed by atoms with Crippen LogP contribution in [0.2, 0.25) is 0 Å². The fourth-order valence-corrected chi connectivity index (χ4v) is 3.21. The predicted octanol–water partition coefficient (Wildman–Crippen LogP) is 3.77. The lowest BCUT2D eigenvalue weighted by molar-refractivity contribution is -0.126. The van der Waals surface area contributed by atoms with E-state index in [1.165, 1.54) is 12.1 Å². The number of rotatable bonds is 8. The Morgan fingerprint density at radius 3 is 2.41 bits per heavy atom. The third-order valence-electron chi connectivity index (χ3n) is 4.71. The van der Waals surface area contributed by atoms with Crippen molar-refractivity contribution in [1.29, 1.82) is 0 Å². The van der Waals surface area contributed by atoms with Crippen LogP contribution in [0.25, 0.3) is 0 Å². The highest BCUT2D eigenvalue weighted by atomic mass is 19.1. The molecule has 0 aromatic heterocycles. The van der Waals surface area contributed by atoms with Gasteiger partial charge in [-0.1, -0.05) is 18.2 Å². The Morgan fingerprint density at radius 2 is 1.81 bits per heavy atom. The van der Waals surface area contributed by atoms with Crippen molar-refractivity contribution < 1.29 is 13.9 Å². The lowest BCUT2D eigenvalue weighted by Gasteiger charge is -2.27. The summed E-state index contributed by atoms with van der Waals surface area (Å²) >= 11 is 0. The maximum absolute atomic E-state index is 13.3. The van der Waals surface area contributed by atoms with Gasteiger partial charge in [-0.2, -0.15) is 0 Å². The van der Waals surface area contributed by atoms with E-state index in [0.717, 1.165) is 35.3 Å². The zero-order valence-corrected chi connectivity index (χ0v) is 16.2. The van der Waals surface area contributed by atoms with Gasteiger partial charge < -0.3 is 10.1 Å². The van der Waals surface area contributed by atoms with Gasteiger partial charge in [0.15, 0.2) is 0 Å². The first-order chi connectivity index (χ1) is 12.9. The van der Waals surface area contributed by atoms with E-state index in [2.05, 4.69) is 11.4 Å². The highest BCUT2D eigenvalue weighted by molar-refractivity contribution is 5.83. The van der Waals surface area contributed by atoms with Crippen LogP contribution in [0, 0.1) is 19.7 Å². The first-order valence-electron chi connectivity index (χ1n) is 9.39. The number of amides is 1. The second-order valence-electron chi connectivity index (χ2n) is 7.39. The molecule has 1 N–H and O–H groups in total. The summed E-state index contributed by atoms with van der Waals surface area (Å²) < 4.78 is 19.2. The van der Waals surface area contributed by atoms with Crippen molar-refractivity contribution in [3.8, 4) is 5.75 Å². The van der Waals surface area contributed by atoms with Gasteiger partial charge in [-0.05, 0) is 74.7 Å². The molecule has 1 atom stereocenters. The van der Waals surface area contributed by atoms with E-state index in [1.54, 1.807) is 12.1 Å². The van der Waals surface area contributed by atoms with Gasteiger partial charge in [0.2, 0.25) is 5.91 Å². The Morgan fingerprint density at radius 1 is 1.19 bits per heavy atom. The smallest absolute Gasteiger partial charge is 0.242 e. The number of nitrogens with zero attached hydrogens (tertiary/aromatic N) is 1. The molecule has 27 heavy (non-hydrogen) atoms. The third kappa shape index (κ3) is 5.54. The molecular weight excluding hydrogens is 343 g/mol. The molecule has 0 bridgehead atoms. The van der Waals surface area contributed by atoms with Crippen molar-refractivity contribution >= 4 is 5.91 Å². The van der Waals surface area contributed by atoms with Crippen LogP contribution in [0.15, 0.2) is 42.5 Å². The molecule has 0 radical (unpaired) electrons. The van der Waals surface area contributed by atoms with Gasteiger partial charge in [0.05, 0.1) is 0 Å². The van der Waals surface area contributed by atoms with Crippen LogP contribution in [0.1, 0.15) is 35.6 Å². The van der Waals surface area contributed by atoms with Gasteiger partial charge >= 0.3 is 0 Å². The minimum atomic E-state index is -0.464. The summed E-state index contributed by atoms with van der Waals surface area (Å²) in [4.78, 5) is 14.7. The van der Waals surface area contributed by atoms with Gasteiger partial charge in [0, 0.05) is 12.6 Å². The molecule has 3 rings (SSSR count). The monoisotopic (exact) mass is 370 g/mol. The molecule has 2 aromatic carbocycles. The second kappa shape index (κ2) is 8.53. The molecule has 1 aliphatic carbocycles. The number of aryl methyl sites for hydroxylation is 2. The average Bonchev–Trinajstić information content (AvgIpc) is 3.40. The fraction of sp³-hybridized carbons (Fsp3) is 0.409. The number of benzene rings is 2. The van der Waals surface area contributed by atoms with E-state index < -0.39 is 6.04 Å². The minimum Gasteiger partial charge on any atom is -0.492 e. The Bertz CT molecular complexity index is 767. The number of nitrogens with one attached hydrogen (secondary N) is 1. The molecule has 144 valence electrons. The van der Waals surface area contributed by atoms with Crippen molar-refractivity contribution in [1.82, 2.24) is 10.2 Å². The quantitative estimate of drug-likeness (QED) is 0.769. The second-order valence-corrected chi connectivity index (χ2v) is 7.39. The zero-order chi connectivity index (χ0) is 19.4. The molecule has 1 fully saturated rings. The van der Waals surface area contributed by atoms with E-state index in [1.807, 2.05) is 37.9 Å². The summed E-state index contributed by atoms with van der Waals surface area (Å²) in [6, 6.07) is 12.1. The largest absolute Gasteiger partial charge is 0.492 e. The molecule has 5 heteroatoms. The van der Waals surface area contributed by atoms with E-state index in [0.29, 0.717) is 13.2 Å². The molecule has 0 aliphatic heterocycles. The van der Waals surface area contributed by atoms with Gasteiger partial charge in [0.1, 0.15) is 24.2 Å². The van der Waals surface area contributed by atoms with Crippen LogP contribution in [0.3, 0.4) is 0 Å². The van der Waals surface area contributed by atoms with Gasteiger partial charge in [-0.25, -0.2) is 4.39 Å². The molecule has 0 spiro atoms. The number of hydrogen-bond donors (Lipinski definition) is 1. The molecule has 1 aliphatic rings. The molecule has 1 saturated carbocycles. The van der Waals surface area contributed by atoms with E-state index in [-0.39, 0.29) is 17.8 Å². The number of likely N-dealkylation sites (N-methyl/N-ethyl adjacent to an activating group) is 1. The SMILES string of the molecule is Cc1cc(C)cc(OCCN(C)C(C(=O)NC2CC2)c2ccc(F)cc2)c1. The van der Waals surface area contributed by atoms with Gasteiger partial charge in [0.25, 0.3) is 0 Å². The number of carbonyl (C=O) groups excluding carboxylic acids is 1. The number of carbonyl (C=O) groups is 1. The third-order valence-corrected chi connectivity index (χ3v) is 4.71. The highest BCUT2D eigenvalue weighted by Crippen LogP contribution is 2.24. The highest BCUT2D eigenvalue weighted by Gasteiger charge is 2.30. The van der Waals surface area contributed by atoms with Gasteiger partial charge in [-0.3, -0.25) is 9.69 Å². The molecular formula is C22H27FN2O2. The topological polar surface area (TPSA) is 41.6 Å². The standard InChI is InChI=1S/C22H27FN2O2/c1-15-12-16(2)14-20(13-15)27-11-10-25(3)21(22(26)24-19-8-9-19)17-4-6-18(23)7-5-17/h4-7,12-14,19,21H,8-11H2,1-3H3,(H,24,26). The van der Waals surface area contributed by atoms with Crippen molar-refractivity contribution in [3.63, 3.8) is 0 Å². The van der Waals surface area contributed by atoms with Crippen LogP contribution in [0.4, 0.5) is 4.39 Å². The van der Waals surface area contributed by atoms with E-state index in [9.17, 15) is 9.18 Å². The number of halogens is 1. The van der Waals surface area contributed by atoms with Crippen LogP contribution in [0.5, 0.6) is 5.75 Å². The molecule has 0 heterocycles. The Hall–Kier alpha value is -2.40. The summed E-state index contributed by atoms with van der Waals surface area (Å²) in [5.41, 5.74) is 3.10. The Labute approximate surface area is 160 Å². The average molecular weight is 370 g/mol. The van der Waals surface area contributed by atoms with Crippen molar-refractivity contribution in [2.75, 3.05) is 20.2 Å². The maximum Gasteiger partial charge on any atom is 0.242 e. The van der Waals surface area contributed by atoms with Crippen LogP contribution in [-0.4, -0.2) is 37.0 Å².